The van der Waals surface area contributed by atoms with Crippen molar-refractivity contribution in [3.63, 3.8) is 0 Å². The lowest BCUT2D eigenvalue weighted by atomic mass is 9.79. The van der Waals surface area contributed by atoms with Gasteiger partial charge in [-0.15, -0.1) is 21.5 Å². The third-order valence-corrected chi connectivity index (χ3v) is 4.90. The molecule has 1 heterocycles. The van der Waals surface area contributed by atoms with Gasteiger partial charge in [0, 0.05) is 6.04 Å². The molecule has 0 aliphatic heterocycles. The Balaban J connectivity index is 1.65. The molecule has 1 N–H and O–H groups in total. The zero-order valence-electron chi connectivity index (χ0n) is 11.9. The molecule has 0 amide bonds. The summed E-state index contributed by atoms with van der Waals surface area (Å²) in [6.45, 7) is 2.82. The summed E-state index contributed by atoms with van der Waals surface area (Å²) in [5.74, 6) is 0.892. The summed E-state index contributed by atoms with van der Waals surface area (Å²) in [5.41, 5.74) is 1.39. The largest absolute Gasteiger partial charge is 0.303 e. The summed E-state index contributed by atoms with van der Waals surface area (Å²) in [6, 6.07) is 11.2. The standard InChI is InChI=1S/C16H21N3S/c1-12-18-19-16(20-12)11-17-15(10-13-6-5-7-13)14-8-3-2-4-9-14/h2-4,8-9,13,15,17H,5-7,10-11H2,1H3/t15-/m1/s1. The van der Waals surface area contributed by atoms with Gasteiger partial charge >= 0.3 is 0 Å². The molecule has 1 aliphatic carbocycles. The van der Waals surface area contributed by atoms with E-state index in [0.717, 1.165) is 22.5 Å². The Morgan fingerprint density at radius 1 is 1.25 bits per heavy atom. The van der Waals surface area contributed by atoms with Gasteiger partial charge in [0.05, 0.1) is 6.54 Å². The van der Waals surface area contributed by atoms with E-state index in [4.69, 9.17) is 0 Å². The van der Waals surface area contributed by atoms with Crippen LogP contribution in [-0.2, 0) is 6.54 Å². The fraction of sp³-hybridized carbons (Fsp3) is 0.500. The van der Waals surface area contributed by atoms with Crippen LogP contribution < -0.4 is 5.32 Å². The number of aromatic nitrogens is 2. The van der Waals surface area contributed by atoms with E-state index in [1.807, 2.05) is 6.92 Å². The summed E-state index contributed by atoms with van der Waals surface area (Å²) in [6.07, 6.45) is 5.43. The number of benzene rings is 1. The second kappa shape index (κ2) is 6.46. The fourth-order valence-electron chi connectivity index (χ4n) is 2.70. The van der Waals surface area contributed by atoms with E-state index in [9.17, 15) is 0 Å². The van der Waals surface area contributed by atoms with Crippen LogP contribution in [0.25, 0.3) is 0 Å². The van der Waals surface area contributed by atoms with E-state index in [0.29, 0.717) is 6.04 Å². The van der Waals surface area contributed by atoms with Gasteiger partial charge in [-0.25, -0.2) is 0 Å². The van der Waals surface area contributed by atoms with Crippen LogP contribution in [0.1, 0.15) is 47.3 Å². The average Bonchev–Trinajstić information content (AvgIpc) is 2.84. The normalized spacial score (nSPS) is 16.9. The highest BCUT2D eigenvalue weighted by Gasteiger charge is 2.23. The summed E-state index contributed by atoms with van der Waals surface area (Å²) >= 11 is 1.68. The van der Waals surface area contributed by atoms with Gasteiger partial charge in [-0.1, -0.05) is 49.6 Å². The molecule has 106 valence electrons. The van der Waals surface area contributed by atoms with E-state index < -0.39 is 0 Å². The van der Waals surface area contributed by atoms with Gasteiger partial charge in [-0.2, -0.15) is 0 Å². The molecule has 1 aromatic heterocycles. The monoisotopic (exact) mass is 287 g/mol. The van der Waals surface area contributed by atoms with Crippen molar-refractivity contribution in [1.82, 2.24) is 15.5 Å². The Kier molecular flexibility index (Phi) is 4.43. The maximum atomic E-state index is 4.20. The van der Waals surface area contributed by atoms with E-state index in [-0.39, 0.29) is 0 Å². The Labute approximate surface area is 124 Å². The van der Waals surface area contributed by atoms with Crippen molar-refractivity contribution < 1.29 is 0 Å². The first-order valence-corrected chi connectivity index (χ1v) is 8.20. The summed E-state index contributed by atoms with van der Waals surface area (Å²) in [7, 11) is 0. The van der Waals surface area contributed by atoms with Gasteiger partial charge in [0.15, 0.2) is 0 Å². The third kappa shape index (κ3) is 3.44. The van der Waals surface area contributed by atoms with Crippen molar-refractivity contribution in [2.24, 2.45) is 5.92 Å². The van der Waals surface area contributed by atoms with Gasteiger partial charge in [0.25, 0.3) is 0 Å². The minimum atomic E-state index is 0.436. The number of rotatable bonds is 6. The summed E-state index contributed by atoms with van der Waals surface area (Å²) in [5, 5.41) is 14.1. The molecule has 0 spiro atoms. The molecule has 20 heavy (non-hydrogen) atoms. The minimum Gasteiger partial charge on any atom is -0.303 e. The minimum absolute atomic E-state index is 0.436. The summed E-state index contributed by atoms with van der Waals surface area (Å²) in [4.78, 5) is 0. The molecule has 3 nitrogen and oxygen atoms in total. The van der Waals surface area contributed by atoms with Gasteiger partial charge in [-0.3, -0.25) is 0 Å². The number of nitrogens with one attached hydrogen (secondary N) is 1. The van der Waals surface area contributed by atoms with E-state index >= 15 is 0 Å². The van der Waals surface area contributed by atoms with Crippen LogP contribution in [0.3, 0.4) is 0 Å². The number of hydrogen-bond acceptors (Lipinski definition) is 4. The zero-order chi connectivity index (χ0) is 13.8. The molecule has 4 heteroatoms. The average molecular weight is 287 g/mol. The molecule has 3 rings (SSSR count). The fourth-order valence-corrected chi connectivity index (χ4v) is 3.36. The molecule has 2 aromatic rings. The van der Waals surface area contributed by atoms with Crippen molar-refractivity contribution in [3.8, 4) is 0 Å². The highest BCUT2D eigenvalue weighted by Crippen LogP contribution is 2.34. The number of nitrogens with zero attached hydrogens (tertiary/aromatic N) is 2. The maximum Gasteiger partial charge on any atom is 0.131 e. The topological polar surface area (TPSA) is 37.8 Å². The second-order valence-electron chi connectivity index (χ2n) is 5.59. The van der Waals surface area contributed by atoms with Crippen LogP contribution in [0.15, 0.2) is 30.3 Å². The Morgan fingerprint density at radius 2 is 2.05 bits per heavy atom. The predicted molar refractivity (Wildman–Crippen MR) is 82.6 cm³/mol. The van der Waals surface area contributed by atoms with Crippen molar-refractivity contribution in [2.75, 3.05) is 0 Å². The molecular formula is C16H21N3S. The Hall–Kier alpha value is -1.26. The Bertz CT molecular complexity index is 534. The first-order chi connectivity index (χ1) is 9.81. The summed E-state index contributed by atoms with van der Waals surface area (Å²) < 4.78 is 0. The van der Waals surface area contributed by atoms with Crippen molar-refractivity contribution >= 4 is 11.3 Å². The first-order valence-electron chi connectivity index (χ1n) is 7.38. The van der Waals surface area contributed by atoms with Crippen molar-refractivity contribution in [2.45, 2.75) is 45.2 Å². The van der Waals surface area contributed by atoms with Crippen LogP contribution in [0.2, 0.25) is 0 Å². The lowest BCUT2D eigenvalue weighted by Gasteiger charge is -2.30. The Morgan fingerprint density at radius 3 is 2.65 bits per heavy atom. The lowest BCUT2D eigenvalue weighted by molar-refractivity contribution is 0.260. The molecule has 0 saturated heterocycles. The second-order valence-corrected chi connectivity index (χ2v) is 6.86. The lowest BCUT2D eigenvalue weighted by Crippen LogP contribution is -2.25. The van der Waals surface area contributed by atoms with E-state index in [1.54, 1.807) is 11.3 Å². The van der Waals surface area contributed by atoms with Crippen LogP contribution >= 0.6 is 11.3 Å². The smallest absolute Gasteiger partial charge is 0.131 e. The van der Waals surface area contributed by atoms with Crippen LogP contribution in [-0.4, -0.2) is 10.2 Å². The predicted octanol–water partition coefficient (Wildman–Crippen LogP) is 3.87. The van der Waals surface area contributed by atoms with Gasteiger partial charge in [0.1, 0.15) is 10.0 Å². The van der Waals surface area contributed by atoms with E-state index in [1.165, 1.54) is 31.2 Å². The van der Waals surface area contributed by atoms with Gasteiger partial charge in [0.2, 0.25) is 0 Å². The van der Waals surface area contributed by atoms with Crippen LogP contribution in [0, 0.1) is 12.8 Å². The molecule has 1 saturated carbocycles. The van der Waals surface area contributed by atoms with Crippen molar-refractivity contribution in [3.05, 3.63) is 45.9 Å². The number of hydrogen-bond donors (Lipinski definition) is 1. The zero-order valence-corrected chi connectivity index (χ0v) is 12.7. The van der Waals surface area contributed by atoms with E-state index in [2.05, 4.69) is 45.8 Å². The molecule has 0 bridgehead atoms. The molecule has 1 aliphatic rings. The highest BCUT2D eigenvalue weighted by molar-refractivity contribution is 7.11. The van der Waals surface area contributed by atoms with Crippen LogP contribution in [0.4, 0.5) is 0 Å². The SMILES string of the molecule is Cc1nnc(CN[C@H](CC2CCC2)c2ccccc2)s1. The third-order valence-electron chi connectivity index (χ3n) is 4.06. The highest BCUT2D eigenvalue weighted by atomic mass is 32.1. The molecular weight excluding hydrogens is 266 g/mol. The van der Waals surface area contributed by atoms with Crippen molar-refractivity contribution in [1.29, 1.82) is 0 Å². The quantitative estimate of drug-likeness (QED) is 0.876. The maximum absolute atomic E-state index is 4.20. The number of aryl methyl sites for hydroxylation is 1. The van der Waals surface area contributed by atoms with Crippen LogP contribution in [0.5, 0.6) is 0 Å². The molecule has 1 aromatic carbocycles. The van der Waals surface area contributed by atoms with Gasteiger partial charge in [-0.05, 0) is 24.8 Å². The first kappa shape index (κ1) is 13.7. The molecule has 1 fully saturated rings. The molecule has 0 unspecified atom stereocenters. The molecule has 0 radical (unpaired) electrons. The van der Waals surface area contributed by atoms with Gasteiger partial charge < -0.3 is 5.32 Å². The molecule has 1 atom stereocenters.